The van der Waals surface area contributed by atoms with Gasteiger partial charge in [-0.1, -0.05) is 54.6 Å². The number of phosphoric ester groups is 1. The number of methoxy groups -OCH3 is 2. The van der Waals surface area contributed by atoms with Crippen LogP contribution in [0.2, 0.25) is 0 Å². The van der Waals surface area contributed by atoms with Crippen LogP contribution in [0.3, 0.4) is 0 Å². The summed E-state index contributed by atoms with van der Waals surface area (Å²) in [5.41, 5.74) is 3.26. The van der Waals surface area contributed by atoms with Gasteiger partial charge < -0.3 is 44.3 Å². The molecule has 2 unspecified atom stereocenters. The van der Waals surface area contributed by atoms with Crippen LogP contribution in [-0.4, -0.2) is 68.1 Å². The van der Waals surface area contributed by atoms with Crippen LogP contribution < -0.4 is 20.9 Å². The first-order valence-corrected chi connectivity index (χ1v) is 19.5. The van der Waals surface area contributed by atoms with E-state index in [1.54, 1.807) is 78.9 Å². The van der Waals surface area contributed by atoms with Crippen molar-refractivity contribution in [1.82, 2.24) is 9.55 Å². The number of hydrogen-bond donors (Lipinski definition) is 5. The number of ether oxygens (including phenoxy) is 4. The predicted octanol–water partition coefficient (Wildman–Crippen LogP) is 4.10. The molecule has 0 saturated carbocycles. The Bertz CT molecular complexity index is 2060. The molecule has 1 aliphatic rings. The summed E-state index contributed by atoms with van der Waals surface area (Å²) >= 11 is 0. The molecular formula is C30H32F2N3O15P3. The highest BCUT2D eigenvalue weighted by Gasteiger charge is 2.62. The summed E-state index contributed by atoms with van der Waals surface area (Å²) in [5.74, 6) is -3.13. The minimum absolute atomic E-state index is 0.270. The van der Waals surface area contributed by atoms with Gasteiger partial charge in [-0.3, -0.25) is 9.09 Å². The molecule has 6 N–H and O–H groups in total. The first-order chi connectivity index (χ1) is 24.8. The van der Waals surface area contributed by atoms with Gasteiger partial charge in [0.05, 0.1) is 14.2 Å². The van der Waals surface area contributed by atoms with Crippen LogP contribution in [0.1, 0.15) is 22.9 Å². The Balaban J connectivity index is 1.67. The third-order valence-electron chi connectivity index (χ3n) is 7.75. The van der Waals surface area contributed by atoms with Gasteiger partial charge >= 0.3 is 29.2 Å². The fourth-order valence-corrected chi connectivity index (χ4v) is 8.54. The maximum absolute atomic E-state index is 17.4. The minimum Gasteiger partial charge on any atom is -0.497 e. The SMILES string of the molecule is COc1ccc(C(O[C@H]2[C@@H](F)[C@H](n3ccc(N)nc3=O)O[C@]2(F)COP(=O)(O)OP(=O)(O)OP(=O)(O)O)(c2ccccc2)c2ccc(OC)cc2)cc1. The van der Waals surface area contributed by atoms with E-state index in [0.29, 0.717) is 21.6 Å². The normalized spacial score (nSPS) is 22.8. The van der Waals surface area contributed by atoms with Crippen LogP contribution in [0, 0.1) is 0 Å². The van der Waals surface area contributed by atoms with Gasteiger partial charge in [-0.2, -0.15) is 13.6 Å². The summed E-state index contributed by atoms with van der Waals surface area (Å²) in [4.78, 5) is 53.8. The molecule has 0 bridgehead atoms. The Kier molecular flexibility index (Phi) is 11.8. The van der Waals surface area contributed by atoms with Gasteiger partial charge in [0.1, 0.15) is 29.5 Å². The van der Waals surface area contributed by atoms with Crippen LogP contribution in [0.15, 0.2) is 95.9 Å². The van der Waals surface area contributed by atoms with Gasteiger partial charge in [-0.25, -0.2) is 27.3 Å². The highest BCUT2D eigenvalue weighted by atomic mass is 31.3. The van der Waals surface area contributed by atoms with Crippen molar-refractivity contribution in [3.8, 4) is 11.5 Å². The number of anilines is 1. The zero-order chi connectivity index (χ0) is 38.8. The molecule has 5 rings (SSSR count). The topological polar surface area (TPSA) is 258 Å². The van der Waals surface area contributed by atoms with Crippen LogP contribution in [-0.2, 0) is 41.9 Å². The standard InChI is InChI=1S/C30H32F2N3O15P3/c1-44-22-12-8-20(9-13-22)30(19-6-4-3-5-7-19,21-10-14-23(45-2)15-11-21)47-26-25(31)27(35-17-16-24(33)34-28(35)36)48-29(26,32)18-46-52(40,41)50-53(42,43)49-51(37,38)39/h3-17,25-27H,18H2,1-2H3,(H,40,41)(H,42,43)(H2,33,34,36)(H2,37,38,39)/t25-,26+,27-,29-/m1/s1. The Morgan fingerprint density at radius 1 is 0.849 bits per heavy atom. The van der Waals surface area contributed by atoms with Gasteiger partial charge in [0, 0.05) is 6.20 Å². The fraction of sp³-hybridized carbons (Fsp3) is 0.267. The Morgan fingerprint density at radius 2 is 1.38 bits per heavy atom. The molecule has 1 aliphatic heterocycles. The van der Waals surface area contributed by atoms with Gasteiger partial charge in [0.25, 0.3) is 5.85 Å². The molecule has 1 saturated heterocycles. The second-order valence-electron chi connectivity index (χ2n) is 11.2. The smallest absolute Gasteiger partial charge is 0.490 e. The highest BCUT2D eigenvalue weighted by Crippen LogP contribution is 2.66. The highest BCUT2D eigenvalue weighted by molar-refractivity contribution is 7.66. The summed E-state index contributed by atoms with van der Waals surface area (Å²) < 4.78 is 105. The van der Waals surface area contributed by atoms with Crippen molar-refractivity contribution in [2.24, 2.45) is 0 Å². The lowest BCUT2D eigenvalue weighted by atomic mass is 9.79. The molecule has 6 atom stereocenters. The third kappa shape index (κ3) is 9.09. The van der Waals surface area contributed by atoms with E-state index in [-0.39, 0.29) is 16.9 Å². The first-order valence-electron chi connectivity index (χ1n) is 15.0. The van der Waals surface area contributed by atoms with Crippen molar-refractivity contribution in [3.63, 3.8) is 0 Å². The molecule has 0 aliphatic carbocycles. The van der Waals surface area contributed by atoms with Crippen molar-refractivity contribution >= 4 is 29.3 Å². The summed E-state index contributed by atoms with van der Waals surface area (Å²) in [6, 6.07) is 21.6. The van der Waals surface area contributed by atoms with Crippen LogP contribution >= 0.6 is 23.5 Å². The van der Waals surface area contributed by atoms with E-state index in [1.165, 1.54) is 14.2 Å². The zero-order valence-corrected chi connectivity index (χ0v) is 30.1. The van der Waals surface area contributed by atoms with E-state index in [4.69, 9.17) is 34.5 Å². The summed E-state index contributed by atoms with van der Waals surface area (Å²) in [6.07, 6.45) is -6.42. The van der Waals surface area contributed by atoms with Gasteiger partial charge in [0.15, 0.2) is 18.5 Å². The number of hydrogen-bond acceptors (Lipinski definition) is 13. The van der Waals surface area contributed by atoms with Crippen molar-refractivity contribution in [1.29, 1.82) is 0 Å². The number of halogens is 2. The fourth-order valence-electron chi connectivity index (χ4n) is 5.51. The number of phosphoric acid groups is 3. The number of nitrogen functional groups attached to an aromatic ring is 1. The lowest BCUT2D eigenvalue weighted by Crippen LogP contribution is -2.49. The molecule has 4 aromatic rings. The quantitative estimate of drug-likeness (QED) is 0.0837. The number of rotatable bonds is 15. The summed E-state index contributed by atoms with van der Waals surface area (Å²) in [5, 5.41) is 0. The Morgan fingerprint density at radius 3 is 1.87 bits per heavy atom. The molecule has 23 heteroatoms. The molecular weight excluding hydrogens is 773 g/mol. The maximum atomic E-state index is 17.4. The predicted molar refractivity (Wildman–Crippen MR) is 179 cm³/mol. The van der Waals surface area contributed by atoms with Crippen LogP contribution in [0.25, 0.3) is 0 Å². The average molecular weight is 806 g/mol. The van der Waals surface area contributed by atoms with Crippen LogP contribution in [0.5, 0.6) is 11.5 Å². The van der Waals surface area contributed by atoms with Crippen molar-refractivity contribution in [2.45, 2.75) is 30.0 Å². The molecule has 0 spiro atoms. The monoisotopic (exact) mass is 805 g/mol. The molecule has 3 aromatic carbocycles. The molecule has 53 heavy (non-hydrogen) atoms. The van der Waals surface area contributed by atoms with E-state index in [0.717, 1.165) is 12.3 Å². The van der Waals surface area contributed by atoms with E-state index < -0.39 is 65.7 Å². The lowest BCUT2D eigenvalue weighted by Gasteiger charge is -2.40. The van der Waals surface area contributed by atoms with Gasteiger partial charge in [-0.05, 0) is 47.0 Å². The number of alkyl halides is 2. The molecule has 0 amide bonds. The minimum atomic E-state index is -6.04. The largest absolute Gasteiger partial charge is 0.497 e. The average Bonchev–Trinajstić information content (AvgIpc) is 3.34. The van der Waals surface area contributed by atoms with Crippen molar-refractivity contribution in [3.05, 3.63) is 118 Å². The Hall–Kier alpha value is -3.87. The second kappa shape index (κ2) is 15.5. The van der Waals surface area contributed by atoms with Gasteiger partial charge in [0.2, 0.25) is 0 Å². The van der Waals surface area contributed by atoms with E-state index in [1.807, 2.05) is 0 Å². The van der Waals surface area contributed by atoms with Gasteiger partial charge in [-0.15, -0.1) is 0 Å². The summed E-state index contributed by atoms with van der Waals surface area (Å²) in [6.45, 7) is -1.81. The molecule has 286 valence electrons. The van der Waals surface area contributed by atoms with Crippen molar-refractivity contribution in [2.75, 3.05) is 26.6 Å². The number of nitrogens with two attached hydrogens (primary N) is 1. The number of benzene rings is 3. The maximum Gasteiger partial charge on any atom is 0.490 e. The molecule has 0 radical (unpaired) electrons. The van der Waals surface area contributed by atoms with Crippen LogP contribution in [0.4, 0.5) is 14.6 Å². The molecule has 2 heterocycles. The Labute approximate surface area is 299 Å². The zero-order valence-electron chi connectivity index (χ0n) is 27.4. The first kappa shape index (κ1) is 40.3. The second-order valence-corrected chi connectivity index (χ2v) is 15.6. The molecule has 1 aromatic heterocycles. The molecule has 1 fully saturated rings. The van der Waals surface area contributed by atoms with E-state index >= 15 is 8.78 Å². The number of aromatic nitrogens is 2. The summed E-state index contributed by atoms with van der Waals surface area (Å²) in [7, 11) is -15.0. The third-order valence-corrected chi connectivity index (χ3v) is 11.5. The van der Waals surface area contributed by atoms with E-state index in [9.17, 15) is 28.3 Å². The molecule has 18 nitrogen and oxygen atoms in total. The van der Waals surface area contributed by atoms with Crippen molar-refractivity contribution < 1.29 is 74.1 Å². The number of nitrogens with zero attached hydrogens (tertiary/aromatic N) is 2. The van der Waals surface area contributed by atoms with E-state index in [2.05, 4.69) is 18.1 Å². The lowest BCUT2D eigenvalue weighted by molar-refractivity contribution is -0.229.